The quantitative estimate of drug-likeness (QED) is 0.481. The number of alkyl halides is 3. The predicted octanol–water partition coefficient (Wildman–Crippen LogP) is 3.66. The van der Waals surface area contributed by atoms with Crippen molar-refractivity contribution in [1.82, 2.24) is 4.90 Å². The summed E-state index contributed by atoms with van der Waals surface area (Å²) < 4.78 is 36.5. The number of halogens is 3. The molecule has 0 aliphatic rings. The lowest BCUT2D eigenvalue weighted by atomic mass is 10.0. The lowest BCUT2D eigenvalue weighted by Crippen LogP contribution is -2.29. The first-order valence-corrected chi connectivity index (χ1v) is 6.03. The lowest BCUT2D eigenvalue weighted by molar-refractivity contribution is -0.135. The van der Waals surface area contributed by atoms with Crippen molar-refractivity contribution in [2.24, 2.45) is 4.99 Å². The molecule has 1 aromatic rings. The largest absolute Gasteiger partial charge is 0.405 e. The number of benzene rings is 1. The van der Waals surface area contributed by atoms with E-state index >= 15 is 0 Å². The molecule has 0 bridgehead atoms. The minimum absolute atomic E-state index is 0.0460. The minimum atomic E-state index is -4.26. The van der Waals surface area contributed by atoms with Crippen LogP contribution in [0.5, 0.6) is 0 Å². The Balaban J connectivity index is 2.93. The van der Waals surface area contributed by atoms with Crippen LogP contribution in [0, 0.1) is 13.8 Å². The van der Waals surface area contributed by atoms with Gasteiger partial charge in [0.15, 0.2) is 5.78 Å². The maximum Gasteiger partial charge on any atom is 0.405 e. The van der Waals surface area contributed by atoms with E-state index in [1.54, 1.807) is 26.0 Å². The van der Waals surface area contributed by atoms with Crippen molar-refractivity contribution in [2.75, 3.05) is 13.6 Å². The van der Waals surface area contributed by atoms with E-state index in [9.17, 15) is 18.0 Å². The van der Waals surface area contributed by atoms with E-state index in [1.807, 2.05) is 0 Å². The molecule has 0 atom stereocenters. The van der Waals surface area contributed by atoms with E-state index in [4.69, 9.17) is 0 Å². The van der Waals surface area contributed by atoms with E-state index < -0.39 is 12.7 Å². The van der Waals surface area contributed by atoms with E-state index in [2.05, 4.69) is 4.99 Å². The Morgan fingerprint density at radius 3 is 2.40 bits per heavy atom. The van der Waals surface area contributed by atoms with Crippen LogP contribution in [0.25, 0.3) is 0 Å². The second kappa shape index (κ2) is 6.07. The van der Waals surface area contributed by atoms with Crippen LogP contribution < -0.4 is 0 Å². The molecule has 0 heterocycles. The number of carbonyl (C=O) groups is 1. The highest BCUT2D eigenvalue weighted by Crippen LogP contribution is 2.23. The van der Waals surface area contributed by atoms with Gasteiger partial charge in [-0.2, -0.15) is 13.2 Å². The van der Waals surface area contributed by atoms with Crippen LogP contribution in [0.3, 0.4) is 0 Å². The summed E-state index contributed by atoms with van der Waals surface area (Å²) >= 11 is 0. The summed E-state index contributed by atoms with van der Waals surface area (Å²) in [6, 6.07) is 3.40. The first-order valence-electron chi connectivity index (χ1n) is 6.03. The fourth-order valence-corrected chi connectivity index (χ4v) is 1.80. The fraction of sp³-hybridized carbons (Fsp3) is 0.429. The summed E-state index contributed by atoms with van der Waals surface area (Å²) in [5.41, 5.74) is 2.66. The summed E-state index contributed by atoms with van der Waals surface area (Å²) in [5, 5.41) is 0. The van der Waals surface area contributed by atoms with Gasteiger partial charge in [-0.25, -0.2) is 4.99 Å². The average molecular weight is 286 g/mol. The zero-order chi connectivity index (χ0) is 15.5. The van der Waals surface area contributed by atoms with E-state index in [0.29, 0.717) is 11.3 Å². The number of hydrogen-bond donors (Lipinski definition) is 0. The van der Waals surface area contributed by atoms with Crippen molar-refractivity contribution in [3.8, 4) is 0 Å². The molecular weight excluding hydrogens is 269 g/mol. The van der Waals surface area contributed by atoms with Crippen molar-refractivity contribution in [3.05, 3.63) is 28.8 Å². The number of rotatable bonds is 4. The van der Waals surface area contributed by atoms with Crippen LogP contribution in [0.15, 0.2) is 17.1 Å². The van der Waals surface area contributed by atoms with Crippen LogP contribution in [-0.4, -0.2) is 36.8 Å². The molecule has 0 N–H and O–H groups in total. The van der Waals surface area contributed by atoms with Gasteiger partial charge in [0.05, 0.1) is 12.0 Å². The van der Waals surface area contributed by atoms with Gasteiger partial charge < -0.3 is 4.90 Å². The van der Waals surface area contributed by atoms with Crippen LogP contribution in [0.2, 0.25) is 0 Å². The molecule has 0 aliphatic carbocycles. The van der Waals surface area contributed by atoms with Crippen LogP contribution in [-0.2, 0) is 0 Å². The summed E-state index contributed by atoms with van der Waals surface area (Å²) in [6.07, 6.45) is -3.12. The van der Waals surface area contributed by atoms with Gasteiger partial charge in [-0.1, -0.05) is 0 Å². The van der Waals surface area contributed by atoms with Crippen LogP contribution >= 0.6 is 0 Å². The van der Waals surface area contributed by atoms with Crippen LogP contribution in [0.1, 0.15) is 28.4 Å². The van der Waals surface area contributed by atoms with Crippen molar-refractivity contribution in [2.45, 2.75) is 26.9 Å². The molecule has 1 aromatic carbocycles. The standard InChI is InChI=1S/C14H17F3N2O/c1-9-6-13(10(2)5-12(9)11(3)20)18-8-19(4)7-14(15,16)17/h5-6,8H,7H2,1-4H3. The molecule has 3 nitrogen and oxygen atoms in total. The Bertz CT molecular complexity index is 536. The van der Waals surface area contributed by atoms with Crippen LogP contribution in [0.4, 0.5) is 18.9 Å². The maximum atomic E-state index is 12.2. The molecule has 0 fully saturated rings. The minimum Gasteiger partial charge on any atom is -0.357 e. The third-order valence-electron chi connectivity index (χ3n) is 2.74. The van der Waals surface area contributed by atoms with Crippen molar-refractivity contribution < 1.29 is 18.0 Å². The number of aryl methyl sites for hydroxylation is 2. The van der Waals surface area contributed by atoms with Gasteiger partial charge in [0.1, 0.15) is 6.54 Å². The first-order chi connectivity index (χ1) is 9.10. The number of nitrogens with zero attached hydrogens (tertiary/aromatic N) is 2. The second-order valence-electron chi connectivity index (χ2n) is 4.78. The predicted molar refractivity (Wildman–Crippen MR) is 72.8 cm³/mol. The third-order valence-corrected chi connectivity index (χ3v) is 2.74. The molecule has 0 aliphatic heterocycles. The Labute approximate surface area is 116 Å². The molecule has 6 heteroatoms. The number of carbonyl (C=O) groups excluding carboxylic acids is 1. The smallest absolute Gasteiger partial charge is 0.357 e. The van der Waals surface area contributed by atoms with Gasteiger partial charge in [-0.3, -0.25) is 4.79 Å². The Morgan fingerprint density at radius 2 is 1.90 bits per heavy atom. The summed E-state index contributed by atoms with van der Waals surface area (Å²) in [7, 11) is 1.31. The number of aliphatic imine (C=N–C) groups is 1. The molecule has 0 saturated heterocycles. The van der Waals surface area contributed by atoms with E-state index in [0.717, 1.165) is 22.4 Å². The topological polar surface area (TPSA) is 32.7 Å². The maximum absolute atomic E-state index is 12.2. The highest BCUT2D eigenvalue weighted by molar-refractivity contribution is 5.96. The van der Waals surface area contributed by atoms with Gasteiger partial charge in [0.2, 0.25) is 0 Å². The third kappa shape index (κ3) is 4.68. The Morgan fingerprint density at radius 1 is 1.30 bits per heavy atom. The molecule has 0 unspecified atom stereocenters. The molecular formula is C14H17F3N2O. The summed E-state index contributed by atoms with van der Waals surface area (Å²) in [5.74, 6) is -0.0460. The number of hydrogen-bond acceptors (Lipinski definition) is 2. The fourth-order valence-electron chi connectivity index (χ4n) is 1.80. The molecule has 1 rings (SSSR count). The van der Waals surface area contributed by atoms with Crippen molar-refractivity contribution in [3.63, 3.8) is 0 Å². The Kier molecular flexibility index (Phi) is 4.92. The van der Waals surface area contributed by atoms with Gasteiger partial charge in [0, 0.05) is 12.6 Å². The average Bonchev–Trinajstić information content (AvgIpc) is 2.27. The first kappa shape index (κ1) is 16.2. The zero-order valence-electron chi connectivity index (χ0n) is 11.9. The molecule has 0 spiro atoms. The molecule has 0 aromatic heterocycles. The number of ketones is 1. The molecule has 0 radical (unpaired) electrons. The SMILES string of the molecule is CC(=O)c1cc(C)c(N=CN(C)CC(F)(F)F)cc1C. The van der Waals surface area contributed by atoms with Gasteiger partial charge in [-0.15, -0.1) is 0 Å². The van der Waals surface area contributed by atoms with Gasteiger partial charge in [0.25, 0.3) is 0 Å². The molecule has 110 valence electrons. The van der Waals surface area contributed by atoms with Gasteiger partial charge in [-0.05, 0) is 44.0 Å². The van der Waals surface area contributed by atoms with E-state index in [1.165, 1.54) is 14.0 Å². The normalized spacial score (nSPS) is 11.9. The summed E-state index contributed by atoms with van der Waals surface area (Å²) in [4.78, 5) is 16.4. The van der Waals surface area contributed by atoms with Crippen molar-refractivity contribution >= 4 is 17.8 Å². The zero-order valence-corrected chi connectivity index (χ0v) is 11.9. The van der Waals surface area contributed by atoms with Gasteiger partial charge >= 0.3 is 6.18 Å². The monoisotopic (exact) mass is 286 g/mol. The highest BCUT2D eigenvalue weighted by Gasteiger charge is 2.28. The molecule has 20 heavy (non-hydrogen) atoms. The number of Topliss-reactive ketones (excluding diaryl/α,β-unsaturated/α-hetero) is 1. The Hall–Kier alpha value is -1.85. The van der Waals surface area contributed by atoms with Crippen molar-refractivity contribution in [1.29, 1.82) is 0 Å². The summed E-state index contributed by atoms with van der Waals surface area (Å²) in [6.45, 7) is 3.96. The molecule has 0 saturated carbocycles. The van der Waals surface area contributed by atoms with E-state index in [-0.39, 0.29) is 5.78 Å². The second-order valence-corrected chi connectivity index (χ2v) is 4.78. The highest BCUT2D eigenvalue weighted by atomic mass is 19.4. The molecule has 0 amide bonds. The lowest BCUT2D eigenvalue weighted by Gasteiger charge is -2.15.